The molecule has 0 unspecified atom stereocenters. The van der Waals surface area contributed by atoms with Crippen LogP contribution in [0, 0.1) is 5.82 Å². The van der Waals surface area contributed by atoms with Gasteiger partial charge in [-0.1, -0.05) is 0 Å². The third-order valence-corrected chi connectivity index (χ3v) is 5.43. The fourth-order valence-electron chi connectivity index (χ4n) is 3.40. The Hall–Kier alpha value is -3.31. The van der Waals surface area contributed by atoms with Gasteiger partial charge in [-0.15, -0.1) is 0 Å². The van der Waals surface area contributed by atoms with Crippen molar-refractivity contribution in [3.63, 3.8) is 0 Å². The molecule has 11 heteroatoms. The van der Waals surface area contributed by atoms with Crippen molar-refractivity contribution in [3.05, 3.63) is 42.3 Å². The summed E-state index contributed by atoms with van der Waals surface area (Å²) in [5.41, 5.74) is 0.359. The summed E-state index contributed by atoms with van der Waals surface area (Å²) < 4.78 is 20.1. The monoisotopic (exact) mass is 474 g/mol. The summed E-state index contributed by atoms with van der Waals surface area (Å²) in [5, 5.41) is 7.95. The quantitative estimate of drug-likeness (QED) is 0.571. The summed E-state index contributed by atoms with van der Waals surface area (Å²) in [4.78, 5) is 31.7. The van der Waals surface area contributed by atoms with Gasteiger partial charge in [-0.25, -0.2) is 14.2 Å². The van der Waals surface area contributed by atoms with Crippen molar-refractivity contribution in [1.29, 1.82) is 0 Å². The van der Waals surface area contributed by atoms with Crippen LogP contribution in [-0.2, 0) is 4.79 Å². The minimum absolute atomic E-state index is 0.0158. The van der Waals surface area contributed by atoms with Crippen LogP contribution < -0.4 is 20.7 Å². The third kappa shape index (κ3) is 7.09. The van der Waals surface area contributed by atoms with E-state index < -0.39 is 5.82 Å². The number of hydrogen-bond donors (Lipinski definition) is 3. The maximum Gasteiger partial charge on any atom is 0.323 e. The van der Waals surface area contributed by atoms with Gasteiger partial charge in [-0.05, 0) is 63.4 Å². The Kier molecular flexibility index (Phi) is 8.12. The second-order valence-corrected chi connectivity index (χ2v) is 8.24. The molecule has 0 atom stereocenters. The molecular weight excluding hydrogens is 447 g/mol. The molecule has 1 aromatic heterocycles. The summed E-state index contributed by atoms with van der Waals surface area (Å²) >= 11 is 4.96. The van der Waals surface area contributed by atoms with E-state index in [0.717, 1.165) is 25.9 Å². The fraction of sp³-hybridized carbons (Fsp3) is 0.364. The first-order valence-corrected chi connectivity index (χ1v) is 10.9. The van der Waals surface area contributed by atoms with Gasteiger partial charge in [0.05, 0.1) is 0 Å². The summed E-state index contributed by atoms with van der Waals surface area (Å²) in [6, 6.07) is 7.19. The van der Waals surface area contributed by atoms with Gasteiger partial charge in [0, 0.05) is 44.0 Å². The van der Waals surface area contributed by atoms with E-state index in [9.17, 15) is 14.0 Å². The maximum absolute atomic E-state index is 14.5. The Morgan fingerprint density at radius 3 is 2.61 bits per heavy atom. The van der Waals surface area contributed by atoms with Crippen molar-refractivity contribution in [3.8, 4) is 11.5 Å². The second-order valence-electron chi connectivity index (χ2n) is 7.83. The number of carbonyl (C=O) groups is 2. The Morgan fingerprint density at radius 1 is 1.21 bits per heavy atom. The van der Waals surface area contributed by atoms with Gasteiger partial charge in [0.15, 0.2) is 16.7 Å². The number of ether oxygens (including phenoxy) is 1. The fourth-order valence-corrected chi connectivity index (χ4v) is 3.66. The maximum atomic E-state index is 14.5. The number of pyridine rings is 1. The predicted octanol–water partition coefficient (Wildman–Crippen LogP) is 3.40. The molecule has 2 aromatic rings. The van der Waals surface area contributed by atoms with Gasteiger partial charge in [-0.3, -0.25) is 10.1 Å². The molecule has 9 nitrogen and oxygen atoms in total. The van der Waals surface area contributed by atoms with Crippen LogP contribution in [0.1, 0.15) is 19.8 Å². The van der Waals surface area contributed by atoms with Gasteiger partial charge < -0.3 is 25.2 Å². The van der Waals surface area contributed by atoms with E-state index in [4.69, 9.17) is 17.0 Å². The average molecular weight is 475 g/mol. The van der Waals surface area contributed by atoms with Crippen LogP contribution in [0.3, 0.4) is 0 Å². The van der Waals surface area contributed by atoms with E-state index in [1.54, 1.807) is 24.1 Å². The summed E-state index contributed by atoms with van der Waals surface area (Å²) in [7, 11) is 3.84. The first-order chi connectivity index (χ1) is 15.7. The Balaban J connectivity index is 1.61. The van der Waals surface area contributed by atoms with Crippen molar-refractivity contribution in [2.45, 2.75) is 25.8 Å². The van der Waals surface area contributed by atoms with Crippen molar-refractivity contribution >= 4 is 40.8 Å². The van der Waals surface area contributed by atoms with E-state index >= 15 is 0 Å². The molecule has 1 aliphatic rings. The largest absolute Gasteiger partial charge is 0.454 e. The molecule has 1 saturated heterocycles. The summed E-state index contributed by atoms with van der Waals surface area (Å²) in [5.74, 6) is -0.355. The SMILES string of the molecule is CC(=O)NC(=S)Nc1ccc(Oc2ccnc(NC(=O)N(C)C3CCN(C)CC3)c2)c(F)c1. The second kappa shape index (κ2) is 11.0. The molecule has 2 heterocycles. The first-order valence-electron chi connectivity index (χ1n) is 10.5. The number of urea groups is 1. The van der Waals surface area contributed by atoms with Crippen molar-refractivity contribution in [1.82, 2.24) is 20.1 Å². The number of anilines is 2. The Bertz CT molecular complexity index is 1030. The lowest BCUT2D eigenvalue weighted by molar-refractivity contribution is -0.117. The number of thiocarbonyl (C=S) groups is 1. The van der Waals surface area contributed by atoms with Gasteiger partial charge in [0.1, 0.15) is 11.6 Å². The number of halogens is 1. The molecule has 176 valence electrons. The zero-order chi connectivity index (χ0) is 24.0. The minimum Gasteiger partial charge on any atom is -0.454 e. The molecule has 0 aliphatic carbocycles. The molecule has 3 amide bonds. The highest BCUT2D eigenvalue weighted by atomic mass is 32.1. The van der Waals surface area contributed by atoms with Crippen LogP contribution in [0.4, 0.5) is 20.7 Å². The number of amides is 3. The molecule has 3 N–H and O–H groups in total. The highest BCUT2D eigenvalue weighted by Crippen LogP contribution is 2.28. The molecule has 0 spiro atoms. The molecule has 1 aliphatic heterocycles. The lowest BCUT2D eigenvalue weighted by Gasteiger charge is -2.34. The zero-order valence-electron chi connectivity index (χ0n) is 18.7. The summed E-state index contributed by atoms with van der Waals surface area (Å²) in [6.45, 7) is 3.22. The number of rotatable bonds is 5. The van der Waals surface area contributed by atoms with Gasteiger partial charge in [-0.2, -0.15) is 0 Å². The molecule has 1 fully saturated rings. The lowest BCUT2D eigenvalue weighted by atomic mass is 10.0. The van der Waals surface area contributed by atoms with E-state index in [2.05, 4.69) is 32.9 Å². The topological polar surface area (TPSA) is 98.8 Å². The highest BCUT2D eigenvalue weighted by molar-refractivity contribution is 7.80. The molecule has 33 heavy (non-hydrogen) atoms. The molecule has 1 aromatic carbocycles. The van der Waals surface area contributed by atoms with E-state index in [1.165, 1.54) is 31.3 Å². The summed E-state index contributed by atoms with van der Waals surface area (Å²) in [6.07, 6.45) is 3.30. The van der Waals surface area contributed by atoms with Gasteiger partial charge >= 0.3 is 6.03 Å². The Morgan fingerprint density at radius 2 is 1.94 bits per heavy atom. The number of benzene rings is 1. The van der Waals surface area contributed by atoms with Crippen LogP contribution in [0.2, 0.25) is 0 Å². The lowest BCUT2D eigenvalue weighted by Crippen LogP contribution is -2.46. The van der Waals surface area contributed by atoms with Crippen LogP contribution in [0.5, 0.6) is 11.5 Å². The standard InChI is InChI=1S/C22H27FN6O3S/c1-14(30)25-21(33)26-15-4-5-19(18(23)12-15)32-17-6-9-24-20(13-17)27-22(31)29(3)16-7-10-28(2)11-8-16/h4-6,9,12-13,16H,7-8,10-11H2,1-3H3,(H,24,27,31)(H2,25,26,30,33). The predicted molar refractivity (Wildman–Crippen MR) is 128 cm³/mol. The van der Waals surface area contributed by atoms with Gasteiger partial charge in [0.25, 0.3) is 0 Å². The van der Waals surface area contributed by atoms with Crippen LogP contribution in [-0.4, -0.2) is 65.1 Å². The average Bonchev–Trinajstić information content (AvgIpc) is 2.75. The molecular formula is C22H27FN6O3S. The molecule has 0 bridgehead atoms. The van der Waals surface area contributed by atoms with Crippen LogP contribution >= 0.6 is 12.2 Å². The van der Waals surface area contributed by atoms with Crippen molar-refractivity contribution in [2.24, 2.45) is 0 Å². The number of piperidine rings is 1. The van der Waals surface area contributed by atoms with Crippen LogP contribution in [0.15, 0.2) is 36.5 Å². The number of nitrogens with one attached hydrogen (secondary N) is 3. The third-order valence-electron chi connectivity index (χ3n) is 5.23. The number of likely N-dealkylation sites (tertiary alicyclic amines) is 1. The number of nitrogens with zero attached hydrogens (tertiary/aromatic N) is 3. The minimum atomic E-state index is -0.630. The number of hydrogen-bond acceptors (Lipinski definition) is 6. The van der Waals surface area contributed by atoms with E-state index in [0.29, 0.717) is 17.3 Å². The van der Waals surface area contributed by atoms with Crippen LogP contribution in [0.25, 0.3) is 0 Å². The number of carbonyl (C=O) groups excluding carboxylic acids is 2. The van der Waals surface area contributed by atoms with E-state index in [-0.39, 0.29) is 28.8 Å². The Labute approximate surface area is 197 Å². The molecule has 0 saturated carbocycles. The van der Waals surface area contributed by atoms with E-state index in [1.807, 2.05) is 0 Å². The normalized spacial score (nSPS) is 14.3. The number of aromatic nitrogens is 1. The smallest absolute Gasteiger partial charge is 0.323 e. The van der Waals surface area contributed by atoms with Crippen molar-refractivity contribution in [2.75, 3.05) is 37.8 Å². The molecule has 3 rings (SSSR count). The zero-order valence-corrected chi connectivity index (χ0v) is 19.5. The van der Waals surface area contributed by atoms with Gasteiger partial charge in [0.2, 0.25) is 5.91 Å². The van der Waals surface area contributed by atoms with Crippen molar-refractivity contribution < 1.29 is 18.7 Å². The highest BCUT2D eigenvalue weighted by Gasteiger charge is 2.24. The first kappa shape index (κ1) is 24.3. The molecule has 0 radical (unpaired) electrons.